The first kappa shape index (κ1) is 41.3. The van der Waals surface area contributed by atoms with Gasteiger partial charge in [-0.1, -0.05) is 18.2 Å². The minimum atomic E-state index is -1.26. The summed E-state index contributed by atoms with van der Waals surface area (Å²) in [5.74, 6) is 1.01. The standard InChI is InChI=1S/C36H47N3O7.C4H4O4/c1-41-29-13-12-26(23-31(29)42-2)14-17-38-20-18-37(19-21-38)15-8-22-46-30-11-6-9-27-10-7-16-39(34(27)30)36(40)28-24-32(43-3)35(45-5)33(25-28)44-4;5-3(6)1-2-4(7)8/h6,9,11-13,23-25H,7-8,10,14-22H2,1-5H3;1-2H,(H,5,6)(H,7,8)/b;2-1+. The van der Waals surface area contributed by atoms with E-state index in [4.69, 9.17) is 38.6 Å². The summed E-state index contributed by atoms with van der Waals surface area (Å²) in [6.07, 6.45) is 4.80. The van der Waals surface area contributed by atoms with Crippen molar-refractivity contribution in [2.45, 2.75) is 25.7 Å². The van der Waals surface area contributed by atoms with Gasteiger partial charge in [0.1, 0.15) is 5.75 Å². The molecule has 1 fully saturated rings. The molecular weight excluding hydrogens is 698 g/mol. The fourth-order valence-electron chi connectivity index (χ4n) is 6.47. The van der Waals surface area contributed by atoms with Gasteiger partial charge >= 0.3 is 11.9 Å². The van der Waals surface area contributed by atoms with Crippen molar-refractivity contribution in [1.29, 1.82) is 0 Å². The van der Waals surface area contributed by atoms with Gasteiger partial charge in [0.05, 0.1) is 47.8 Å². The molecule has 0 atom stereocenters. The maximum absolute atomic E-state index is 13.9. The summed E-state index contributed by atoms with van der Waals surface area (Å²) < 4.78 is 33.6. The van der Waals surface area contributed by atoms with Crippen LogP contribution in [-0.4, -0.2) is 126 Å². The molecule has 1 amide bonds. The predicted octanol–water partition coefficient (Wildman–Crippen LogP) is 4.66. The molecule has 0 aliphatic carbocycles. The van der Waals surface area contributed by atoms with E-state index in [1.54, 1.807) is 47.7 Å². The molecule has 2 heterocycles. The average molecular weight is 750 g/mol. The van der Waals surface area contributed by atoms with Crippen LogP contribution in [0.15, 0.2) is 60.7 Å². The molecule has 0 radical (unpaired) electrons. The van der Waals surface area contributed by atoms with Gasteiger partial charge < -0.3 is 53.3 Å². The molecule has 0 unspecified atom stereocenters. The number of fused-ring (bicyclic) bond motifs is 1. The molecule has 2 aliphatic heterocycles. The molecule has 54 heavy (non-hydrogen) atoms. The van der Waals surface area contributed by atoms with Gasteiger partial charge in [-0.3, -0.25) is 4.79 Å². The zero-order valence-corrected chi connectivity index (χ0v) is 31.7. The van der Waals surface area contributed by atoms with E-state index >= 15 is 0 Å². The number of piperazine rings is 1. The van der Waals surface area contributed by atoms with Gasteiger partial charge in [-0.15, -0.1) is 0 Å². The number of carbonyl (C=O) groups excluding carboxylic acids is 1. The lowest BCUT2D eigenvalue weighted by molar-refractivity contribution is -0.134. The van der Waals surface area contributed by atoms with Gasteiger partial charge in [0.25, 0.3) is 5.91 Å². The van der Waals surface area contributed by atoms with Crippen molar-refractivity contribution in [3.8, 4) is 34.5 Å². The Morgan fingerprint density at radius 3 is 1.87 bits per heavy atom. The summed E-state index contributed by atoms with van der Waals surface area (Å²) in [7, 11) is 7.99. The van der Waals surface area contributed by atoms with E-state index < -0.39 is 11.9 Å². The van der Waals surface area contributed by atoms with Crippen LogP contribution in [0.2, 0.25) is 0 Å². The molecule has 0 spiro atoms. The molecule has 1 saturated heterocycles. The number of anilines is 1. The Balaban J connectivity index is 0.000000730. The minimum Gasteiger partial charge on any atom is -0.493 e. The lowest BCUT2D eigenvalue weighted by Crippen LogP contribution is -2.47. The number of carboxylic acid groups (broad SMARTS) is 2. The fourth-order valence-corrected chi connectivity index (χ4v) is 6.47. The van der Waals surface area contributed by atoms with Crippen molar-refractivity contribution < 1.29 is 53.0 Å². The van der Waals surface area contributed by atoms with Crippen LogP contribution >= 0.6 is 0 Å². The Kier molecular flexibility index (Phi) is 15.8. The molecule has 2 aliphatic rings. The van der Waals surface area contributed by atoms with Gasteiger partial charge in [0, 0.05) is 63.5 Å². The van der Waals surface area contributed by atoms with Crippen LogP contribution in [-0.2, 0) is 22.4 Å². The van der Waals surface area contributed by atoms with Crippen molar-refractivity contribution in [2.75, 3.05) is 92.9 Å². The second-order valence-electron chi connectivity index (χ2n) is 12.6. The number of carbonyl (C=O) groups is 3. The summed E-state index contributed by atoms with van der Waals surface area (Å²) in [6.45, 7) is 7.40. The van der Waals surface area contributed by atoms with E-state index in [1.165, 1.54) is 5.56 Å². The zero-order chi connectivity index (χ0) is 39.0. The summed E-state index contributed by atoms with van der Waals surface area (Å²) in [5.41, 5.74) is 3.70. The fraction of sp³-hybridized carbons (Fsp3) is 0.425. The molecule has 292 valence electrons. The van der Waals surface area contributed by atoms with Crippen molar-refractivity contribution in [1.82, 2.24) is 9.80 Å². The molecule has 2 N–H and O–H groups in total. The molecule has 0 aromatic heterocycles. The monoisotopic (exact) mass is 749 g/mol. The van der Waals surface area contributed by atoms with Crippen LogP contribution in [0, 0.1) is 0 Å². The number of aliphatic carboxylic acids is 2. The number of hydrogen-bond acceptors (Lipinski definition) is 11. The summed E-state index contributed by atoms with van der Waals surface area (Å²) in [6, 6.07) is 15.6. The molecule has 3 aromatic carbocycles. The molecule has 0 bridgehead atoms. The highest BCUT2D eigenvalue weighted by atomic mass is 16.5. The SMILES string of the molecule is COc1ccc(CCN2CCN(CCCOc3cccc4c3N(C(=O)c3cc(OC)c(OC)c(OC)c3)CCC4)CC2)cc1OC.O=C(O)/C=C/C(=O)O. The van der Waals surface area contributed by atoms with Gasteiger partial charge in [-0.2, -0.15) is 0 Å². The van der Waals surface area contributed by atoms with Crippen LogP contribution in [0.1, 0.15) is 34.3 Å². The number of ether oxygens (including phenoxy) is 6. The van der Waals surface area contributed by atoms with Crippen molar-refractivity contribution in [2.24, 2.45) is 0 Å². The Bertz CT molecular complexity index is 1710. The topological polar surface area (TPSA) is 157 Å². The van der Waals surface area contributed by atoms with Crippen LogP contribution in [0.25, 0.3) is 0 Å². The largest absolute Gasteiger partial charge is 0.493 e. The summed E-state index contributed by atoms with van der Waals surface area (Å²) >= 11 is 0. The van der Waals surface area contributed by atoms with Gasteiger partial charge in [0.2, 0.25) is 5.75 Å². The number of rotatable bonds is 16. The first-order valence-electron chi connectivity index (χ1n) is 17.8. The van der Waals surface area contributed by atoms with Crippen molar-refractivity contribution in [3.05, 3.63) is 77.4 Å². The smallest absolute Gasteiger partial charge is 0.328 e. The molecular formula is C40H51N3O11. The van der Waals surface area contributed by atoms with Crippen LogP contribution in [0.5, 0.6) is 34.5 Å². The maximum Gasteiger partial charge on any atom is 0.328 e. The molecule has 14 nitrogen and oxygen atoms in total. The third kappa shape index (κ3) is 11.3. The summed E-state index contributed by atoms with van der Waals surface area (Å²) in [5, 5.41) is 15.6. The first-order valence-corrected chi connectivity index (χ1v) is 17.8. The number of aryl methyl sites for hydroxylation is 1. The lowest BCUT2D eigenvalue weighted by atomic mass is 9.99. The highest BCUT2D eigenvalue weighted by Gasteiger charge is 2.29. The zero-order valence-electron chi connectivity index (χ0n) is 31.7. The van der Waals surface area contributed by atoms with Gasteiger partial charge in [0.15, 0.2) is 23.0 Å². The lowest BCUT2D eigenvalue weighted by Gasteiger charge is -2.35. The third-order valence-electron chi connectivity index (χ3n) is 9.21. The normalized spacial score (nSPS) is 14.4. The molecule has 5 rings (SSSR count). The van der Waals surface area contributed by atoms with E-state index in [-0.39, 0.29) is 5.91 Å². The maximum atomic E-state index is 13.9. The van der Waals surface area contributed by atoms with Crippen LogP contribution in [0.3, 0.4) is 0 Å². The Labute approximate surface area is 316 Å². The van der Waals surface area contributed by atoms with E-state index in [0.29, 0.717) is 48.1 Å². The number of hydrogen-bond donors (Lipinski definition) is 2. The van der Waals surface area contributed by atoms with Crippen molar-refractivity contribution >= 4 is 23.5 Å². The first-order chi connectivity index (χ1) is 26.1. The molecule has 3 aromatic rings. The summed E-state index contributed by atoms with van der Waals surface area (Å²) in [4.78, 5) is 39.9. The number of benzene rings is 3. The van der Waals surface area contributed by atoms with E-state index in [0.717, 1.165) is 93.5 Å². The number of nitrogens with zero attached hydrogens (tertiary/aromatic N) is 3. The highest BCUT2D eigenvalue weighted by Crippen LogP contribution is 2.41. The number of para-hydroxylation sites is 1. The van der Waals surface area contributed by atoms with E-state index in [2.05, 4.69) is 28.0 Å². The van der Waals surface area contributed by atoms with Crippen LogP contribution in [0.4, 0.5) is 5.69 Å². The van der Waals surface area contributed by atoms with Gasteiger partial charge in [-0.25, -0.2) is 9.59 Å². The Hall–Kier alpha value is -5.47. The quantitative estimate of drug-likeness (QED) is 0.154. The minimum absolute atomic E-state index is 0.125. The number of methoxy groups -OCH3 is 5. The third-order valence-corrected chi connectivity index (χ3v) is 9.21. The Morgan fingerprint density at radius 2 is 1.30 bits per heavy atom. The molecule has 0 saturated carbocycles. The number of amides is 1. The second-order valence-corrected chi connectivity index (χ2v) is 12.6. The van der Waals surface area contributed by atoms with Crippen molar-refractivity contribution in [3.63, 3.8) is 0 Å². The van der Waals surface area contributed by atoms with E-state index in [1.807, 2.05) is 23.1 Å². The Morgan fingerprint density at radius 1 is 0.685 bits per heavy atom. The second kappa shape index (κ2) is 20.7. The van der Waals surface area contributed by atoms with Gasteiger partial charge in [-0.05, 0) is 67.1 Å². The number of carboxylic acids is 2. The average Bonchev–Trinajstić information content (AvgIpc) is 3.20. The van der Waals surface area contributed by atoms with E-state index in [9.17, 15) is 14.4 Å². The van der Waals surface area contributed by atoms with Crippen LogP contribution < -0.4 is 33.3 Å². The highest BCUT2D eigenvalue weighted by molar-refractivity contribution is 6.08. The molecule has 14 heteroatoms. The predicted molar refractivity (Wildman–Crippen MR) is 203 cm³/mol.